The van der Waals surface area contributed by atoms with Crippen molar-refractivity contribution < 1.29 is 29.0 Å². The normalized spacial score (nSPS) is 17.2. The van der Waals surface area contributed by atoms with Crippen molar-refractivity contribution >= 4 is 35.0 Å². The molecule has 7 rings (SSSR count). The summed E-state index contributed by atoms with van der Waals surface area (Å²) in [6.45, 7) is 4.47. The van der Waals surface area contributed by atoms with Gasteiger partial charge in [0, 0.05) is 66.7 Å². The molecule has 2 saturated heterocycles. The van der Waals surface area contributed by atoms with Crippen molar-refractivity contribution in [2.75, 3.05) is 37.7 Å². The smallest absolute Gasteiger partial charge is 0.257 e. The molecule has 0 radical (unpaired) electrons. The molecule has 1 aromatic heterocycles. The molecule has 1 atom stereocenters. The summed E-state index contributed by atoms with van der Waals surface area (Å²) in [5, 5.41) is 14.7. The first-order valence-electron chi connectivity index (χ1n) is 21.7. The molecule has 4 heterocycles. The topological polar surface area (TPSA) is 180 Å². The number of rotatable bonds is 18. The van der Waals surface area contributed by atoms with Crippen LogP contribution in [0.2, 0.25) is 0 Å². The minimum Gasteiger partial charge on any atom is -0.483 e. The van der Waals surface area contributed by atoms with Gasteiger partial charge in [-0.25, -0.2) is 9.97 Å². The Labute approximate surface area is 357 Å². The summed E-state index contributed by atoms with van der Waals surface area (Å²) in [5.74, 6) is 1.17. The van der Waals surface area contributed by atoms with Gasteiger partial charge in [-0.15, -0.1) is 0 Å². The number of piperidine rings is 2. The molecule has 13 heteroatoms. The highest BCUT2D eigenvalue weighted by Gasteiger charge is 2.40. The van der Waals surface area contributed by atoms with Gasteiger partial charge in [0.25, 0.3) is 11.8 Å². The third-order valence-electron chi connectivity index (χ3n) is 12.0. The number of amides is 4. The van der Waals surface area contributed by atoms with Crippen molar-refractivity contribution in [3.05, 3.63) is 113 Å². The maximum absolute atomic E-state index is 13.1. The van der Waals surface area contributed by atoms with Gasteiger partial charge in [-0.2, -0.15) is 0 Å². The number of imide groups is 1. The molecule has 3 aliphatic heterocycles. The summed E-state index contributed by atoms with van der Waals surface area (Å²) in [7, 11) is 0. The van der Waals surface area contributed by atoms with Crippen molar-refractivity contribution in [1.29, 1.82) is 0 Å². The Morgan fingerprint density at radius 2 is 1.67 bits per heavy atom. The maximum atomic E-state index is 13.1. The van der Waals surface area contributed by atoms with E-state index in [1.807, 2.05) is 25.1 Å². The Balaban J connectivity index is 0.845. The molecular weight excluding hydrogens is 771 g/mol. The predicted molar refractivity (Wildman–Crippen MR) is 234 cm³/mol. The van der Waals surface area contributed by atoms with Crippen LogP contribution >= 0.6 is 0 Å². The SMILES string of the molecule is CC(N)=C(c1ccc(CCCCCCCNC(=O)COc2cccc3c2CN(C2CCC(=O)NC2=O)C3=O)cc1)c1nc(-c2ccccc2)cc(N2CCC(CCO)CC2)n1. The first-order chi connectivity index (χ1) is 29.7. The van der Waals surface area contributed by atoms with Crippen molar-refractivity contribution in [2.24, 2.45) is 11.7 Å². The van der Waals surface area contributed by atoms with Gasteiger partial charge in [-0.1, -0.05) is 79.9 Å². The molecule has 320 valence electrons. The number of aliphatic hydroxyl groups is 1. The number of nitrogens with zero attached hydrogens (tertiary/aromatic N) is 4. The number of hydrogen-bond acceptors (Lipinski definition) is 10. The molecular formula is C48H57N7O6. The van der Waals surface area contributed by atoms with E-state index in [1.54, 1.807) is 18.2 Å². The Morgan fingerprint density at radius 3 is 2.41 bits per heavy atom. The van der Waals surface area contributed by atoms with Crippen LogP contribution in [0, 0.1) is 5.92 Å². The zero-order valence-corrected chi connectivity index (χ0v) is 35.0. The van der Waals surface area contributed by atoms with Gasteiger partial charge in [0.2, 0.25) is 11.8 Å². The zero-order chi connectivity index (χ0) is 42.7. The average molecular weight is 828 g/mol. The van der Waals surface area contributed by atoms with E-state index in [0.717, 1.165) is 99.1 Å². The molecule has 1 unspecified atom stereocenters. The van der Waals surface area contributed by atoms with E-state index >= 15 is 0 Å². The first kappa shape index (κ1) is 43.0. The summed E-state index contributed by atoms with van der Waals surface area (Å²) in [4.78, 5) is 63.6. The van der Waals surface area contributed by atoms with Crippen LogP contribution in [0.25, 0.3) is 16.8 Å². The summed E-state index contributed by atoms with van der Waals surface area (Å²) in [6, 6.07) is 25.2. The lowest BCUT2D eigenvalue weighted by Gasteiger charge is -2.33. The molecule has 61 heavy (non-hydrogen) atoms. The van der Waals surface area contributed by atoms with Crippen LogP contribution in [-0.2, 0) is 27.3 Å². The second kappa shape index (κ2) is 20.5. The Bertz CT molecular complexity index is 2220. The third kappa shape index (κ3) is 10.8. The number of aromatic nitrogens is 2. The standard InChI is InChI=1S/C48H57N7O6/c1-32(49)45(46-51-39(35-12-7-5-8-13-35)29-42(52-46)54-26-22-34(23-27-54)24-28-56)36-18-16-33(17-19-36)11-6-3-2-4-9-25-50-44(58)31-61-41-15-10-14-37-38(41)30-55(48(37)60)40-20-21-43(57)53-47(40)59/h5,7-8,10,12-19,29,34,40,56H,2-4,6,9,11,20-28,30-31,49H2,1H3,(H,50,58)(H,53,57,59). The zero-order valence-electron chi connectivity index (χ0n) is 35.0. The van der Waals surface area contributed by atoms with Crippen molar-refractivity contribution in [3.63, 3.8) is 0 Å². The monoisotopic (exact) mass is 827 g/mol. The fourth-order valence-electron chi connectivity index (χ4n) is 8.57. The van der Waals surface area contributed by atoms with E-state index in [1.165, 1.54) is 10.5 Å². The van der Waals surface area contributed by atoms with E-state index in [0.29, 0.717) is 40.9 Å². The average Bonchev–Trinajstić information content (AvgIpc) is 3.60. The minimum atomic E-state index is -0.712. The molecule has 0 bridgehead atoms. The number of carbonyl (C=O) groups is 4. The maximum Gasteiger partial charge on any atom is 0.257 e. The molecule has 3 aliphatic rings. The van der Waals surface area contributed by atoms with Gasteiger partial charge in [-0.3, -0.25) is 24.5 Å². The first-order valence-corrected chi connectivity index (χ1v) is 21.7. The number of unbranched alkanes of at least 4 members (excludes halogenated alkanes) is 4. The van der Waals surface area contributed by atoms with E-state index in [-0.39, 0.29) is 50.3 Å². The van der Waals surface area contributed by atoms with Gasteiger partial charge in [-0.05, 0) is 81.0 Å². The number of anilines is 1. The van der Waals surface area contributed by atoms with Crippen molar-refractivity contribution in [3.8, 4) is 17.0 Å². The van der Waals surface area contributed by atoms with Crippen LogP contribution in [0.4, 0.5) is 5.82 Å². The molecule has 4 aromatic rings. The van der Waals surface area contributed by atoms with Crippen LogP contribution in [0.1, 0.15) is 104 Å². The van der Waals surface area contributed by atoms with Gasteiger partial charge in [0.1, 0.15) is 17.6 Å². The molecule has 5 N–H and O–H groups in total. The van der Waals surface area contributed by atoms with Crippen molar-refractivity contribution in [2.45, 2.75) is 90.1 Å². The number of allylic oxidation sites excluding steroid dienone is 1. The molecule has 0 spiro atoms. The number of benzene rings is 3. The molecule has 4 amide bonds. The molecule has 0 saturated carbocycles. The molecule has 3 aromatic carbocycles. The van der Waals surface area contributed by atoms with Crippen LogP contribution in [0.15, 0.2) is 84.6 Å². The quantitative estimate of drug-likeness (QED) is 0.0694. The number of ether oxygens (including phenoxy) is 1. The second-order valence-electron chi connectivity index (χ2n) is 16.3. The summed E-state index contributed by atoms with van der Waals surface area (Å²) in [6.07, 6.45) is 9.39. The molecule has 0 aliphatic carbocycles. The lowest BCUT2D eigenvalue weighted by Crippen LogP contribution is -2.52. The van der Waals surface area contributed by atoms with Gasteiger partial charge in [0.05, 0.1) is 12.2 Å². The van der Waals surface area contributed by atoms with Crippen LogP contribution in [0.5, 0.6) is 5.75 Å². The second-order valence-corrected chi connectivity index (χ2v) is 16.3. The molecule has 13 nitrogen and oxygen atoms in total. The third-order valence-corrected chi connectivity index (χ3v) is 12.0. The van der Waals surface area contributed by atoms with Crippen LogP contribution in [-0.4, -0.2) is 82.5 Å². The minimum absolute atomic E-state index is 0.177. The van der Waals surface area contributed by atoms with E-state index in [4.69, 9.17) is 20.4 Å². The Kier molecular flexibility index (Phi) is 14.4. The number of carbonyl (C=O) groups excluding carboxylic acids is 4. The number of nitrogens with two attached hydrogens (primary N) is 1. The number of fused-ring (bicyclic) bond motifs is 1. The largest absolute Gasteiger partial charge is 0.483 e. The number of aryl methyl sites for hydroxylation is 1. The summed E-state index contributed by atoms with van der Waals surface area (Å²) in [5.41, 5.74) is 13.3. The predicted octanol–water partition coefficient (Wildman–Crippen LogP) is 5.93. The fourth-order valence-corrected chi connectivity index (χ4v) is 8.57. The number of aliphatic hydroxyl groups excluding tert-OH is 1. The lowest BCUT2D eigenvalue weighted by atomic mass is 9.94. The highest BCUT2D eigenvalue weighted by atomic mass is 16.5. The summed E-state index contributed by atoms with van der Waals surface area (Å²) < 4.78 is 5.84. The van der Waals surface area contributed by atoms with E-state index < -0.39 is 11.9 Å². The highest BCUT2D eigenvalue weighted by Crippen LogP contribution is 2.34. The Hall–Kier alpha value is -6.08. The van der Waals surface area contributed by atoms with Crippen molar-refractivity contribution in [1.82, 2.24) is 25.5 Å². The highest BCUT2D eigenvalue weighted by molar-refractivity contribution is 6.05. The number of nitrogens with one attached hydrogen (secondary N) is 2. The van der Waals surface area contributed by atoms with E-state index in [9.17, 15) is 24.3 Å². The van der Waals surface area contributed by atoms with Crippen LogP contribution in [0.3, 0.4) is 0 Å². The fraction of sp³-hybridized carbons (Fsp3) is 0.417. The Morgan fingerprint density at radius 1 is 0.918 bits per heavy atom. The van der Waals surface area contributed by atoms with Gasteiger partial charge >= 0.3 is 0 Å². The van der Waals surface area contributed by atoms with Crippen LogP contribution < -0.4 is 26.0 Å². The van der Waals surface area contributed by atoms with Gasteiger partial charge in [0.15, 0.2) is 12.4 Å². The summed E-state index contributed by atoms with van der Waals surface area (Å²) >= 11 is 0. The number of hydrogen-bond donors (Lipinski definition) is 4. The molecule has 2 fully saturated rings. The lowest BCUT2D eigenvalue weighted by molar-refractivity contribution is -0.137. The van der Waals surface area contributed by atoms with E-state index in [2.05, 4.69) is 58.0 Å². The van der Waals surface area contributed by atoms with Gasteiger partial charge < -0.3 is 30.7 Å².